The van der Waals surface area contributed by atoms with Gasteiger partial charge < -0.3 is 15.8 Å². The Balaban J connectivity index is 1.94. The molecule has 1 aromatic carbocycles. The summed E-state index contributed by atoms with van der Waals surface area (Å²) in [4.78, 5) is 11.1. The highest BCUT2D eigenvalue weighted by molar-refractivity contribution is 5.92. The molecule has 104 valence electrons. The van der Waals surface area contributed by atoms with E-state index in [1.165, 1.54) is 12.8 Å². The number of hydrogen-bond donors (Lipinski definition) is 2. The second-order valence-corrected chi connectivity index (χ2v) is 5.11. The van der Waals surface area contributed by atoms with Crippen molar-refractivity contribution in [2.75, 3.05) is 7.11 Å². The van der Waals surface area contributed by atoms with Crippen LogP contribution < -0.4 is 11.1 Å². The van der Waals surface area contributed by atoms with Gasteiger partial charge in [-0.05, 0) is 30.5 Å². The van der Waals surface area contributed by atoms with E-state index in [1.807, 2.05) is 18.2 Å². The maximum Gasteiger partial charge on any atom is 0.248 e. The summed E-state index contributed by atoms with van der Waals surface area (Å²) in [7, 11) is 1.78. The maximum atomic E-state index is 11.1. The van der Waals surface area contributed by atoms with Gasteiger partial charge in [-0.25, -0.2) is 0 Å². The molecule has 0 saturated heterocycles. The Bertz CT molecular complexity index is 434. The van der Waals surface area contributed by atoms with Gasteiger partial charge in [0.05, 0.1) is 6.10 Å². The molecule has 4 heteroatoms. The van der Waals surface area contributed by atoms with Gasteiger partial charge >= 0.3 is 0 Å². The van der Waals surface area contributed by atoms with E-state index in [4.69, 9.17) is 10.5 Å². The molecule has 1 saturated carbocycles. The lowest BCUT2D eigenvalue weighted by Crippen LogP contribution is -2.42. The summed E-state index contributed by atoms with van der Waals surface area (Å²) >= 11 is 0. The van der Waals surface area contributed by atoms with Crippen LogP contribution in [0.1, 0.15) is 41.6 Å². The molecule has 2 rings (SSSR count). The molecule has 0 aromatic heterocycles. The first kappa shape index (κ1) is 14.0. The third-order valence-electron chi connectivity index (χ3n) is 3.79. The molecule has 1 aliphatic rings. The van der Waals surface area contributed by atoms with Gasteiger partial charge in [0.2, 0.25) is 5.91 Å². The highest BCUT2D eigenvalue weighted by atomic mass is 16.5. The third kappa shape index (κ3) is 3.78. The van der Waals surface area contributed by atoms with Crippen LogP contribution in [0.4, 0.5) is 0 Å². The lowest BCUT2D eigenvalue weighted by atomic mass is 9.92. The number of nitrogens with one attached hydrogen (secondary N) is 1. The van der Waals surface area contributed by atoms with Gasteiger partial charge in [-0.3, -0.25) is 4.79 Å². The Morgan fingerprint density at radius 2 is 2.21 bits per heavy atom. The number of carbonyl (C=O) groups excluding carboxylic acids is 1. The number of methoxy groups -OCH3 is 1. The van der Waals surface area contributed by atoms with E-state index in [0.29, 0.717) is 17.7 Å². The predicted molar refractivity (Wildman–Crippen MR) is 74.9 cm³/mol. The summed E-state index contributed by atoms with van der Waals surface area (Å²) in [5.74, 6) is -0.380. The van der Waals surface area contributed by atoms with Crippen LogP contribution in [0.25, 0.3) is 0 Å². The first-order valence-electron chi connectivity index (χ1n) is 6.85. The van der Waals surface area contributed by atoms with Gasteiger partial charge in [-0.1, -0.05) is 25.0 Å². The van der Waals surface area contributed by atoms with Crippen LogP contribution in [0.2, 0.25) is 0 Å². The zero-order valence-electron chi connectivity index (χ0n) is 11.4. The highest BCUT2D eigenvalue weighted by Crippen LogP contribution is 2.21. The Hall–Kier alpha value is -1.39. The molecule has 1 fully saturated rings. The summed E-state index contributed by atoms with van der Waals surface area (Å²) in [5, 5.41) is 3.53. The molecule has 0 bridgehead atoms. The maximum absolute atomic E-state index is 11.1. The molecular formula is C15H22N2O2. The SMILES string of the molecule is COC1CCCCC1NCc1cccc(C(N)=O)c1. The van der Waals surface area contributed by atoms with Crippen molar-refractivity contribution in [2.24, 2.45) is 5.73 Å². The van der Waals surface area contributed by atoms with E-state index in [9.17, 15) is 4.79 Å². The van der Waals surface area contributed by atoms with Crippen molar-refractivity contribution >= 4 is 5.91 Å². The highest BCUT2D eigenvalue weighted by Gasteiger charge is 2.24. The number of amides is 1. The third-order valence-corrected chi connectivity index (χ3v) is 3.79. The summed E-state index contributed by atoms with van der Waals surface area (Å²) in [6.45, 7) is 0.742. The first-order valence-corrected chi connectivity index (χ1v) is 6.85. The molecule has 1 amide bonds. The van der Waals surface area contributed by atoms with E-state index in [1.54, 1.807) is 13.2 Å². The minimum Gasteiger partial charge on any atom is -0.380 e. The largest absolute Gasteiger partial charge is 0.380 e. The summed E-state index contributed by atoms with van der Waals surface area (Å²) in [6.07, 6.45) is 5.06. The fraction of sp³-hybridized carbons (Fsp3) is 0.533. The Morgan fingerprint density at radius 3 is 2.95 bits per heavy atom. The Morgan fingerprint density at radius 1 is 1.42 bits per heavy atom. The van der Waals surface area contributed by atoms with Crippen LogP contribution in [-0.4, -0.2) is 25.2 Å². The predicted octanol–water partition coefficient (Wildman–Crippen LogP) is 1.83. The van der Waals surface area contributed by atoms with Crippen molar-refractivity contribution in [3.63, 3.8) is 0 Å². The first-order chi connectivity index (χ1) is 9.20. The number of rotatable bonds is 5. The van der Waals surface area contributed by atoms with Gasteiger partial charge in [-0.2, -0.15) is 0 Å². The second kappa shape index (κ2) is 6.68. The lowest BCUT2D eigenvalue weighted by Gasteiger charge is -2.31. The van der Waals surface area contributed by atoms with E-state index in [2.05, 4.69) is 5.32 Å². The van der Waals surface area contributed by atoms with Crippen molar-refractivity contribution < 1.29 is 9.53 Å². The van der Waals surface area contributed by atoms with Crippen molar-refractivity contribution in [3.8, 4) is 0 Å². The summed E-state index contributed by atoms with van der Waals surface area (Å²) in [6, 6.07) is 7.86. The van der Waals surface area contributed by atoms with Crippen LogP contribution in [0.15, 0.2) is 24.3 Å². The smallest absolute Gasteiger partial charge is 0.248 e. The van der Waals surface area contributed by atoms with Crippen LogP contribution >= 0.6 is 0 Å². The Kier molecular flexibility index (Phi) is 4.93. The molecule has 1 aromatic rings. The van der Waals surface area contributed by atoms with Crippen molar-refractivity contribution in [1.82, 2.24) is 5.32 Å². The summed E-state index contributed by atoms with van der Waals surface area (Å²) in [5.41, 5.74) is 6.93. The van der Waals surface area contributed by atoms with Gasteiger partial charge in [-0.15, -0.1) is 0 Å². The topological polar surface area (TPSA) is 64.3 Å². The van der Waals surface area contributed by atoms with Crippen molar-refractivity contribution in [3.05, 3.63) is 35.4 Å². The molecule has 1 aliphatic carbocycles. The molecule has 2 unspecified atom stereocenters. The average molecular weight is 262 g/mol. The van der Waals surface area contributed by atoms with Crippen molar-refractivity contribution in [2.45, 2.75) is 44.4 Å². The average Bonchev–Trinajstić information content (AvgIpc) is 2.45. The standard InChI is InChI=1S/C15H22N2O2/c1-19-14-8-3-2-7-13(14)17-10-11-5-4-6-12(9-11)15(16)18/h4-6,9,13-14,17H,2-3,7-8,10H2,1H3,(H2,16,18). The zero-order chi connectivity index (χ0) is 13.7. The molecular weight excluding hydrogens is 240 g/mol. The number of hydrogen-bond acceptors (Lipinski definition) is 3. The Labute approximate surface area is 114 Å². The molecule has 3 N–H and O–H groups in total. The zero-order valence-corrected chi connectivity index (χ0v) is 11.4. The quantitative estimate of drug-likeness (QED) is 0.851. The monoisotopic (exact) mass is 262 g/mol. The molecule has 0 aliphatic heterocycles. The van der Waals surface area contributed by atoms with Crippen LogP contribution in [-0.2, 0) is 11.3 Å². The fourth-order valence-corrected chi connectivity index (χ4v) is 2.70. The minimum absolute atomic E-state index is 0.299. The van der Waals surface area contributed by atoms with Gasteiger partial charge in [0.15, 0.2) is 0 Å². The minimum atomic E-state index is -0.380. The van der Waals surface area contributed by atoms with Gasteiger partial charge in [0, 0.05) is 25.3 Å². The van der Waals surface area contributed by atoms with Gasteiger partial charge in [0.1, 0.15) is 0 Å². The number of primary amides is 1. The molecule has 0 heterocycles. The van der Waals surface area contributed by atoms with Crippen LogP contribution in [0.5, 0.6) is 0 Å². The van der Waals surface area contributed by atoms with Crippen LogP contribution in [0, 0.1) is 0 Å². The van der Waals surface area contributed by atoms with Gasteiger partial charge in [0.25, 0.3) is 0 Å². The molecule has 0 radical (unpaired) electrons. The van der Waals surface area contributed by atoms with E-state index < -0.39 is 0 Å². The normalized spacial score (nSPS) is 23.2. The second-order valence-electron chi connectivity index (χ2n) is 5.11. The number of ether oxygens (including phenoxy) is 1. The molecule has 19 heavy (non-hydrogen) atoms. The number of benzene rings is 1. The number of carbonyl (C=O) groups is 1. The van der Waals surface area contributed by atoms with Crippen molar-refractivity contribution in [1.29, 1.82) is 0 Å². The lowest BCUT2D eigenvalue weighted by molar-refractivity contribution is 0.0413. The summed E-state index contributed by atoms with van der Waals surface area (Å²) < 4.78 is 5.52. The fourth-order valence-electron chi connectivity index (χ4n) is 2.70. The van der Waals surface area contributed by atoms with Crippen LogP contribution in [0.3, 0.4) is 0 Å². The number of nitrogens with two attached hydrogens (primary N) is 1. The van der Waals surface area contributed by atoms with E-state index >= 15 is 0 Å². The van der Waals surface area contributed by atoms with E-state index in [0.717, 1.165) is 24.9 Å². The molecule has 0 spiro atoms. The molecule has 4 nitrogen and oxygen atoms in total. The van der Waals surface area contributed by atoms with E-state index in [-0.39, 0.29) is 5.91 Å². The molecule has 2 atom stereocenters.